The fraction of sp³-hybridized carbons (Fsp3) is 0.115. The van der Waals surface area contributed by atoms with Gasteiger partial charge in [0, 0.05) is 23.1 Å². The van der Waals surface area contributed by atoms with Crippen LogP contribution in [0.5, 0.6) is 0 Å². The molecule has 166 valence electrons. The molecule has 0 spiro atoms. The van der Waals surface area contributed by atoms with E-state index in [1.807, 2.05) is 30.4 Å². The van der Waals surface area contributed by atoms with Crippen molar-refractivity contribution in [3.63, 3.8) is 0 Å². The van der Waals surface area contributed by atoms with E-state index in [1.165, 1.54) is 35.2 Å². The molecule has 1 aromatic heterocycles. The number of carboxylic acids is 1. The first kappa shape index (κ1) is 21.8. The quantitative estimate of drug-likeness (QED) is 0.427. The predicted octanol–water partition coefficient (Wildman–Crippen LogP) is 4.74. The number of carboxylic acid groups (broad SMARTS) is 1. The van der Waals surface area contributed by atoms with Gasteiger partial charge >= 0.3 is 5.97 Å². The molecule has 3 aromatic rings. The largest absolute Gasteiger partial charge is 0.478 e. The van der Waals surface area contributed by atoms with Crippen LogP contribution in [0.25, 0.3) is 17.0 Å². The molecule has 0 saturated heterocycles. The van der Waals surface area contributed by atoms with Crippen LogP contribution >= 0.6 is 0 Å². The number of carbonyl (C=O) groups excluding carboxylic acids is 1. The van der Waals surface area contributed by atoms with E-state index in [1.54, 1.807) is 12.2 Å². The highest BCUT2D eigenvalue weighted by Gasteiger charge is 2.29. The third-order valence-corrected chi connectivity index (χ3v) is 5.35. The predicted molar refractivity (Wildman–Crippen MR) is 131 cm³/mol. The zero-order valence-electron chi connectivity index (χ0n) is 18.3. The molecule has 0 radical (unpaired) electrons. The van der Waals surface area contributed by atoms with Crippen molar-refractivity contribution in [2.75, 3.05) is 5.01 Å². The monoisotopic (exact) mass is 440 g/mol. The SMILES string of the molecule is CC(C)n1cc(C=CC=CC=C2C(=O)N(c3ccc(C(=O)O)cc3)N=C2N)c2ccccc21. The molecule has 7 heteroatoms. The Kier molecular flexibility index (Phi) is 5.95. The summed E-state index contributed by atoms with van der Waals surface area (Å²) in [4.78, 5) is 23.7. The number of hydrogen-bond acceptors (Lipinski definition) is 4. The van der Waals surface area contributed by atoms with Gasteiger partial charge in [0.05, 0.1) is 16.8 Å². The van der Waals surface area contributed by atoms with Gasteiger partial charge in [0.2, 0.25) is 0 Å². The van der Waals surface area contributed by atoms with Crippen LogP contribution in [0.1, 0.15) is 35.8 Å². The molecule has 4 rings (SSSR count). The highest BCUT2D eigenvalue weighted by Crippen LogP contribution is 2.26. The second-order valence-corrected chi connectivity index (χ2v) is 7.88. The van der Waals surface area contributed by atoms with Crippen LogP contribution in [0.4, 0.5) is 5.69 Å². The number of carbonyl (C=O) groups is 2. The Morgan fingerprint density at radius 2 is 1.79 bits per heavy atom. The summed E-state index contributed by atoms with van der Waals surface area (Å²) >= 11 is 0. The lowest BCUT2D eigenvalue weighted by Crippen LogP contribution is -2.22. The van der Waals surface area contributed by atoms with Crippen LogP contribution in [-0.4, -0.2) is 27.4 Å². The summed E-state index contributed by atoms with van der Waals surface area (Å²) in [5.74, 6) is -1.30. The number of benzene rings is 2. The molecule has 7 nitrogen and oxygen atoms in total. The summed E-state index contributed by atoms with van der Waals surface area (Å²) in [5.41, 5.74) is 9.10. The third kappa shape index (κ3) is 4.34. The average Bonchev–Trinajstić information content (AvgIpc) is 3.31. The van der Waals surface area contributed by atoms with Crippen molar-refractivity contribution in [1.82, 2.24) is 4.57 Å². The summed E-state index contributed by atoms with van der Waals surface area (Å²) in [5, 5.41) is 15.5. The number of amides is 1. The van der Waals surface area contributed by atoms with Crippen molar-refractivity contribution >= 4 is 40.4 Å². The maximum atomic E-state index is 12.7. The number of aromatic nitrogens is 1. The summed E-state index contributed by atoms with van der Waals surface area (Å²) in [6.07, 6.45) is 11.3. The maximum absolute atomic E-state index is 12.7. The van der Waals surface area contributed by atoms with Crippen molar-refractivity contribution in [3.8, 4) is 0 Å². The molecular formula is C26H24N4O3. The molecule has 0 saturated carbocycles. The molecule has 0 aliphatic carbocycles. The van der Waals surface area contributed by atoms with Crippen molar-refractivity contribution in [2.45, 2.75) is 19.9 Å². The molecule has 0 atom stereocenters. The number of hydrogen-bond donors (Lipinski definition) is 2. The molecule has 1 aliphatic heterocycles. The molecular weight excluding hydrogens is 416 g/mol. The molecule has 0 bridgehead atoms. The number of para-hydroxylation sites is 1. The number of fused-ring (bicyclic) bond motifs is 1. The lowest BCUT2D eigenvalue weighted by Gasteiger charge is -2.11. The van der Waals surface area contributed by atoms with E-state index >= 15 is 0 Å². The highest BCUT2D eigenvalue weighted by molar-refractivity contribution is 6.29. The summed E-state index contributed by atoms with van der Waals surface area (Å²) < 4.78 is 2.24. The van der Waals surface area contributed by atoms with Gasteiger partial charge in [0.25, 0.3) is 5.91 Å². The Balaban J connectivity index is 1.49. The summed E-state index contributed by atoms with van der Waals surface area (Å²) in [6.45, 7) is 4.31. The maximum Gasteiger partial charge on any atom is 0.335 e. The van der Waals surface area contributed by atoms with Gasteiger partial charge in [-0.1, -0.05) is 42.5 Å². The zero-order chi connectivity index (χ0) is 23.5. The van der Waals surface area contributed by atoms with Crippen LogP contribution < -0.4 is 10.7 Å². The van der Waals surface area contributed by atoms with Crippen LogP contribution in [0.15, 0.2) is 89.7 Å². The van der Waals surface area contributed by atoms with Gasteiger partial charge in [-0.25, -0.2) is 4.79 Å². The fourth-order valence-electron chi connectivity index (χ4n) is 3.67. The van der Waals surface area contributed by atoms with Crippen LogP contribution in [0, 0.1) is 0 Å². The summed E-state index contributed by atoms with van der Waals surface area (Å²) in [6, 6.07) is 14.5. The van der Waals surface area contributed by atoms with Crippen molar-refractivity contribution in [2.24, 2.45) is 10.8 Å². The minimum Gasteiger partial charge on any atom is -0.478 e. The van der Waals surface area contributed by atoms with Gasteiger partial charge in [-0.3, -0.25) is 4.79 Å². The van der Waals surface area contributed by atoms with Gasteiger partial charge in [0.1, 0.15) is 0 Å². The van der Waals surface area contributed by atoms with Crippen LogP contribution in [0.2, 0.25) is 0 Å². The van der Waals surface area contributed by atoms with E-state index < -0.39 is 5.97 Å². The molecule has 1 aliphatic rings. The molecule has 1 amide bonds. The summed E-state index contributed by atoms with van der Waals surface area (Å²) in [7, 11) is 0. The number of nitrogens with zero attached hydrogens (tertiary/aromatic N) is 3. The molecule has 2 heterocycles. The van der Waals surface area contributed by atoms with E-state index in [-0.39, 0.29) is 22.9 Å². The van der Waals surface area contributed by atoms with Gasteiger partial charge in [-0.15, -0.1) is 5.10 Å². The lowest BCUT2D eigenvalue weighted by molar-refractivity contribution is -0.114. The number of hydrazone groups is 1. The van der Waals surface area contributed by atoms with E-state index in [4.69, 9.17) is 10.8 Å². The highest BCUT2D eigenvalue weighted by atomic mass is 16.4. The second kappa shape index (κ2) is 9.00. The Labute approximate surface area is 191 Å². The minimum atomic E-state index is -1.04. The van der Waals surface area contributed by atoms with Gasteiger partial charge < -0.3 is 15.4 Å². The molecule has 0 unspecified atom stereocenters. The van der Waals surface area contributed by atoms with Crippen LogP contribution in [0.3, 0.4) is 0 Å². The second-order valence-electron chi connectivity index (χ2n) is 7.88. The standard InChI is InChI=1S/C26H24N4O3/c1-17(2)29-16-19(21-9-6-7-11-23(21)29)8-4-3-5-10-22-24(27)28-30(25(22)31)20-14-12-18(13-15-20)26(32)33/h3-17H,1-2H3,(H2,27,28)(H,32,33). The number of anilines is 1. The Bertz CT molecular complexity index is 1340. The van der Waals surface area contributed by atoms with Gasteiger partial charge in [0.15, 0.2) is 5.84 Å². The molecule has 2 aromatic carbocycles. The first-order valence-electron chi connectivity index (χ1n) is 10.5. The Morgan fingerprint density at radius 3 is 2.48 bits per heavy atom. The fourth-order valence-corrected chi connectivity index (χ4v) is 3.67. The first-order chi connectivity index (χ1) is 15.9. The third-order valence-electron chi connectivity index (χ3n) is 5.35. The van der Waals surface area contributed by atoms with Gasteiger partial charge in [-0.05, 0) is 55.8 Å². The number of rotatable bonds is 6. The van der Waals surface area contributed by atoms with E-state index in [9.17, 15) is 9.59 Å². The lowest BCUT2D eigenvalue weighted by atomic mass is 10.1. The van der Waals surface area contributed by atoms with E-state index in [0.29, 0.717) is 11.7 Å². The number of nitrogens with two attached hydrogens (primary N) is 1. The average molecular weight is 441 g/mol. The topological polar surface area (TPSA) is 101 Å². The number of aromatic carboxylic acids is 1. The first-order valence-corrected chi connectivity index (χ1v) is 10.5. The minimum absolute atomic E-state index is 0.107. The molecule has 0 fully saturated rings. The zero-order valence-corrected chi connectivity index (χ0v) is 18.3. The molecule has 33 heavy (non-hydrogen) atoms. The van der Waals surface area contributed by atoms with Gasteiger partial charge in [-0.2, -0.15) is 5.01 Å². The van der Waals surface area contributed by atoms with Crippen molar-refractivity contribution < 1.29 is 14.7 Å². The van der Waals surface area contributed by atoms with E-state index in [2.05, 4.69) is 41.8 Å². The number of allylic oxidation sites excluding steroid dienone is 4. The van der Waals surface area contributed by atoms with Crippen molar-refractivity contribution in [1.29, 1.82) is 0 Å². The smallest absolute Gasteiger partial charge is 0.335 e. The van der Waals surface area contributed by atoms with E-state index in [0.717, 1.165) is 10.6 Å². The van der Waals surface area contributed by atoms with Crippen molar-refractivity contribution in [3.05, 3.63) is 95.7 Å². The normalized spacial score (nSPS) is 15.6. The Morgan fingerprint density at radius 1 is 1.06 bits per heavy atom. The van der Waals surface area contributed by atoms with Crippen LogP contribution in [-0.2, 0) is 4.79 Å². The Hall–Kier alpha value is -4.39. The number of amidine groups is 1. The molecule has 3 N–H and O–H groups in total.